The predicted octanol–water partition coefficient (Wildman–Crippen LogP) is 1.13. The summed E-state index contributed by atoms with van der Waals surface area (Å²) in [4.78, 5) is 10.9. The molecule has 1 saturated heterocycles. The summed E-state index contributed by atoms with van der Waals surface area (Å²) in [5.41, 5.74) is 5.94. The van der Waals surface area contributed by atoms with Crippen molar-refractivity contribution in [2.75, 3.05) is 24.2 Å². The van der Waals surface area contributed by atoms with Gasteiger partial charge in [0.15, 0.2) is 5.16 Å². The molecule has 0 aromatic carbocycles. The van der Waals surface area contributed by atoms with E-state index in [2.05, 4.69) is 14.9 Å². The molecule has 0 radical (unpaired) electrons. The molecule has 2 N–H and O–H groups in total. The first kappa shape index (κ1) is 10.7. The molecule has 15 heavy (non-hydrogen) atoms. The van der Waals surface area contributed by atoms with E-state index >= 15 is 0 Å². The number of hydrogen-bond donors (Lipinski definition) is 1. The van der Waals surface area contributed by atoms with Crippen LogP contribution in [0.15, 0.2) is 17.4 Å². The maximum atomic E-state index is 5.94. The van der Waals surface area contributed by atoms with Crippen LogP contribution < -0.4 is 10.6 Å². The van der Waals surface area contributed by atoms with Crippen molar-refractivity contribution in [1.82, 2.24) is 9.97 Å². The van der Waals surface area contributed by atoms with E-state index in [9.17, 15) is 0 Å². The molecule has 0 amide bonds. The third-order valence-corrected chi connectivity index (χ3v) is 3.15. The number of thioether (sulfide) groups is 1. The predicted molar refractivity (Wildman–Crippen MR) is 63.2 cm³/mol. The number of nitrogens with zero attached hydrogens (tertiary/aromatic N) is 3. The van der Waals surface area contributed by atoms with Crippen molar-refractivity contribution in [3.63, 3.8) is 0 Å². The van der Waals surface area contributed by atoms with Gasteiger partial charge in [-0.25, -0.2) is 9.97 Å². The minimum atomic E-state index is 0.284. The van der Waals surface area contributed by atoms with Crippen molar-refractivity contribution in [2.45, 2.75) is 24.0 Å². The third-order valence-electron chi connectivity index (χ3n) is 2.58. The fourth-order valence-electron chi connectivity index (χ4n) is 1.82. The van der Waals surface area contributed by atoms with Crippen molar-refractivity contribution < 1.29 is 0 Å². The van der Waals surface area contributed by atoms with Crippen LogP contribution in [0.2, 0.25) is 0 Å². The van der Waals surface area contributed by atoms with E-state index in [1.54, 1.807) is 11.8 Å². The van der Waals surface area contributed by atoms with Crippen LogP contribution in [0.5, 0.6) is 0 Å². The number of rotatable bonds is 2. The normalized spacial score (nSPS) is 21.7. The molecule has 0 saturated carbocycles. The molecule has 2 heterocycles. The van der Waals surface area contributed by atoms with Gasteiger partial charge in [0.2, 0.25) is 0 Å². The van der Waals surface area contributed by atoms with E-state index in [-0.39, 0.29) is 6.04 Å². The second kappa shape index (κ2) is 4.81. The van der Waals surface area contributed by atoms with Crippen LogP contribution in [0.4, 0.5) is 5.82 Å². The van der Waals surface area contributed by atoms with Gasteiger partial charge in [-0.05, 0) is 25.2 Å². The van der Waals surface area contributed by atoms with Crippen LogP contribution >= 0.6 is 11.8 Å². The van der Waals surface area contributed by atoms with E-state index in [0.29, 0.717) is 0 Å². The standard InChI is InChI=1S/C10H16N4S/c1-15-10-12-5-4-9(13-10)14-6-2-3-8(11)7-14/h4-5,8H,2-3,6-7,11H2,1H3. The Morgan fingerprint density at radius 1 is 1.60 bits per heavy atom. The number of anilines is 1. The van der Waals surface area contributed by atoms with Gasteiger partial charge in [-0.1, -0.05) is 11.8 Å². The van der Waals surface area contributed by atoms with Crippen LogP contribution in [0.3, 0.4) is 0 Å². The van der Waals surface area contributed by atoms with Gasteiger partial charge in [-0.15, -0.1) is 0 Å². The lowest BCUT2D eigenvalue weighted by Gasteiger charge is -2.31. The molecule has 1 aromatic rings. The second-order valence-corrected chi connectivity index (χ2v) is 4.52. The molecule has 5 heteroatoms. The Kier molecular flexibility index (Phi) is 3.43. The summed E-state index contributed by atoms with van der Waals surface area (Å²) in [5.74, 6) is 1.00. The van der Waals surface area contributed by atoms with Gasteiger partial charge in [0.25, 0.3) is 0 Å². The number of piperidine rings is 1. The number of hydrogen-bond acceptors (Lipinski definition) is 5. The van der Waals surface area contributed by atoms with E-state index in [0.717, 1.165) is 36.9 Å². The second-order valence-electron chi connectivity index (χ2n) is 3.75. The molecule has 1 aliphatic heterocycles. The van der Waals surface area contributed by atoms with Gasteiger partial charge >= 0.3 is 0 Å². The summed E-state index contributed by atoms with van der Waals surface area (Å²) < 4.78 is 0. The molecule has 82 valence electrons. The molecule has 2 rings (SSSR count). The molecule has 1 unspecified atom stereocenters. The summed E-state index contributed by atoms with van der Waals surface area (Å²) >= 11 is 1.57. The highest BCUT2D eigenvalue weighted by Gasteiger charge is 2.17. The van der Waals surface area contributed by atoms with Gasteiger partial charge in [0.05, 0.1) is 0 Å². The van der Waals surface area contributed by atoms with Crippen molar-refractivity contribution in [3.8, 4) is 0 Å². The van der Waals surface area contributed by atoms with E-state index in [1.807, 2.05) is 18.5 Å². The molecule has 4 nitrogen and oxygen atoms in total. The van der Waals surface area contributed by atoms with E-state index in [4.69, 9.17) is 5.73 Å². The number of aromatic nitrogens is 2. The molecule has 1 aromatic heterocycles. The lowest BCUT2D eigenvalue weighted by atomic mass is 10.1. The van der Waals surface area contributed by atoms with Crippen LogP contribution in [-0.4, -0.2) is 35.4 Å². The van der Waals surface area contributed by atoms with Crippen molar-refractivity contribution in [2.24, 2.45) is 5.73 Å². The zero-order chi connectivity index (χ0) is 10.7. The maximum Gasteiger partial charge on any atom is 0.189 e. The monoisotopic (exact) mass is 224 g/mol. The Labute approximate surface area is 94.3 Å². The first-order valence-corrected chi connectivity index (χ1v) is 6.39. The highest BCUT2D eigenvalue weighted by atomic mass is 32.2. The fourth-order valence-corrected chi connectivity index (χ4v) is 2.18. The molecular formula is C10H16N4S. The zero-order valence-electron chi connectivity index (χ0n) is 8.89. The highest BCUT2D eigenvalue weighted by Crippen LogP contribution is 2.18. The first-order chi connectivity index (χ1) is 7.29. The fraction of sp³-hybridized carbons (Fsp3) is 0.600. The summed E-state index contributed by atoms with van der Waals surface area (Å²) in [6, 6.07) is 2.24. The Hall–Kier alpha value is -0.810. The third kappa shape index (κ3) is 2.60. The summed E-state index contributed by atoms with van der Waals surface area (Å²) in [7, 11) is 0. The van der Waals surface area contributed by atoms with Gasteiger partial charge in [0, 0.05) is 25.3 Å². The van der Waals surface area contributed by atoms with E-state index < -0.39 is 0 Å². The minimum absolute atomic E-state index is 0.284. The SMILES string of the molecule is CSc1nccc(N2CCCC(N)C2)n1. The zero-order valence-corrected chi connectivity index (χ0v) is 9.70. The molecular weight excluding hydrogens is 208 g/mol. The average Bonchev–Trinajstić information content (AvgIpc) is 2.29. The smallest absolute Gasteiger partial charge is 0.189 e. The summed E-state index contributed by atoms with van der Waals surface area (Å²) in [6.07, 6.45) is 6.08. The van der Waals surface area contributed by atoms with Crippen molar-refractivity contribution in [3.05, 3.63) is 12.3 Å². The topological polar surface area (TPSA) is 55.0 Å². The van der Waals surface area contributed by atoms with Crippen LogP contribution in [0, 0.1) is 0 Å². The lowest BCUT2D eigenvalue weighted by molar-refractivity contribution is 0.502. The van der Waals surface area contributed by atoms with Gasteiger partial charge in [-0.2, -0.15) is 0 Å². The first-order valence-electron chi connectivity index (χ1n) is 5.17. The van der Waals surface area contributed by atoms with Gasteiger partial charge in [-0.3, -0.25) is 0 Å². The number of nitrogens with two attached hydrogens (primary N) is 1. The van der Waals surface area contributed by atoms with Gasteiger partial charge in [0.1, 0.15) is 5.82 Å². The Bertz CT molecular complexity index is 331. The molecule has 1 atom stereocenters. The summed E-state index contributed by atoms with van der Waals surface area (Å²) in [5, 5.41) is 0.826. The Morgan fingerprint density at radius 3 is 3.20 bits per heavy atom. The largest absolute Gasteiger partial charge is 0.355 e. The van der Waals surface area contributed by atoms with Crippen LogP contribution in [0.25, 0.3) is 0 Å². The Balaban J connectivity index is 2.13. The Morgan fingerprint density at radius 2 is 2.47 bits per heavy atom. The summed E-state index contributed by atoms with van der Waals surface area (Å²) in [6.45, 7) is 1.96. The average molecular weight is 224 g/mol. The van der Waals surface area contributed by atoms with Gasteiger partial charge < -0.3 is 10.6 Å². The van der Waals surface area contributed by atoms with Crippen molar-refractivity contribution >= 4 is 17.6 Å². The molecule has 0 bridgehead atoms. The molecule has 1 aliphatic rings. The molecule has 1 fully saturated rings. The molecule has 0 aliphatic carbocycles. The lowest BCUT2D eigenvalue weighted by Crippen LogP contribution is -2.43. The maximum absolute atomic E-state index is 5.94. The van der Waals surface area contributed by atoms with E-state index in [1.165, 1.54) is 0 Å². The van der Waals surface area contributed by atoms with Crippen LogP contribution in [0.1, 0.15) is 12.8 Å². The molecule has 0 spiro atoms. The van der Waals surface area contributed by atoms with Crippen molar-refractivity contribution in [1.29, 1.82) is 0 Å². The minimum Gasteiger partial charge on any atom is -0.355 e. The van der Waals surface area contributed by atoms with Crippen LogP contribution in [-0.2, 0) is 0 Å². The quantitative estimate of drug-likeness (QED) is 0.603. The highest BCUT2D eigenvalue weighted by molar-refractivity contribution is 7.98.